The summed E-state index contributed by atoms with van der Waals surface area (Å²) < 4.78 is 697. The maximum Gasteiger partial charge on any atom is 1.00 e. The van der Waals surface area contributed by atoms with Crippen LogP contribution < -0.4 is 30.6 Å². The van der Waals surface area contributed by atoms with Gasteiger partial charge >= 0.3 is 207 Å². The van der Waals surface area contributed by atoms with Gasteiger partial charge in [0.25, 0.3) is 0 Å². The molecule has 0 aliphatic rings. The molecular formula is C62H20Ag6F54N12O2. The minimum atomic E-state index is -6.20. The van der Waals surface area contributed by atoms with Crippen LogP contribution in [0.25, 0.3) is 65.4 Å². The number of nitrogens with zero attached hydrogens (tertiary/aromatic N) is 12. The molecule has 6 heterocycles. The first-order valence-corrected chi connectivity index (χ1v) is 31.6. The van der Waals surface area contributed by atoms with E-state index in [1.165, 1.54) is 0 Å². The summed E-state index contributed by atoms with van der Waals surface area (Å²) in [6.45, 7) is 11.3. The Morgan fingerprint density at radius 3 is 0.456 bits per heavy atom. The van der Waals surface area contributed by atoms with Crippen LogP contribution >= 0.6 is 0 Å². The summed E-state index contributed by atoms with van der Waals surface area (Å²) in [6.07, 6.45) is -37.2. The fourth-order valence-electron chi connectivity index (χ4n) is 9.01. The summed E-state index contributed by atoms with van der Waals surface area (Å²) >= 11 is 0. The number of hydrogen-bond acceptors (Lipinski definition) is 8. The Morgan fingerprint density at radius 1 is 0.176 bits per heavy atom. The van der Waals surface area contributed by atoms with Crippen LogP contribution in [0.1, 0.15) is 61.9 Å². The summed E-state index contributed by atoms with van der Waals surface area (Å²) in [5.41, 5.74) is -23.4. The zero-order valence-corrected chi connectivity index (χ0v) is 71.1. The minimum Gasteiger partial charge on any atom is -0.573 e. The van der Waals surface area contributed by atoms with E-state index in [0.717, 1.165) is 26.4 Å². The average Bonchev–Trinajstić information content (AvgIpc) is 1.63. The van der Waals surface area contributed by atoms with E-state index in [1.54, 1.807) is 0 Å². The Kier molecular flexibility index (Phi) is 45.3. The third kappa shape index (κ3) is 24.7. The molecule has 6 aromatic heterocycles. The van der Waals surface area contributed by atoms with Crippen molar-refractivity contribution in [2.75, 3.05) is 26.4 Å². The van der Waals surface area contributed by atoms with Crippen molar-refractivity contribution in [2.24, 2.45) is 0 Å². The van der Waals surface area contributed by atoms with E-state index in [2.05, 4.69) is 61.2 Å². The van der Waals surface area contributed by atoms with Gasteiger partial charge in [0.1, 0.15) is 46.0 Å². The van der Waals surface area contributed by atoms with E-state index >= 15 is 0 Å². The van der Waals surface area contributed by atoms with Crippen molar-refractivity contribution in [1.82, 2.24) is 61.2 Å². The molecule has 0 atom stereocenters. The normalized spacial score (nSPS) is 12.3. The van der Waals surface area contributed by atoms with Gasteiger partial charge in [0.2, 0.25) is 0 Å². The van der Waals surface area contributed by atoms with Crippen molar-refractivity contribution in [3.05, 3.63) is 174 Å². The van der Waals surface area contributed by atoms with Gasteiger partial charge in [0.05, 0.1) is 11.0 Å². The van der Waals surface area contributed by atoms with Crippen LogP contribution in [-0.4, -0.2) is 94.1 Å². The number of fused-ring (bicyclic) bond motifs is 6. The second-order valence-electron chi connectivity index (χ2n) is 23.2. The first-order valence-electron chi connectivity index (χ1n) is 31.6. The predicted molar refractivity (Wildman–Crippen MR) is 313 cm³/mol. The van der Waals surface area contributed by atoms with Gasteiger partial charge in [-0.05, 0) is 27.7 Å². The zero-order chi connectivity index (χ0) is 101. The number of aromatic nitrogens is 12. The van der Waals surface area contributed by atoms with Crippen molar-refractivity contribution in [3.63, 3.8) is 0 Å². The topological polar surface area (TPSA) is 180 Å². The van der Waals surface area contributed by atoms with Gasteiger partial charge in [-0.2, -0.15) is 132 Å². The van der Waals surface area contributed by atoms with Crippen LogP contribution in [0.3, 0.4) is 0 Å². The Bertz CT molecular complexity index is 5210. The molecule has 14 nitrogen and oxygen atoms in total. The van der Waals surface area contributed by atoms with Gasteiger partial charge in [0, 0.05) is 58.7 Å². The van der Waals surface area contributed by atoms with Gasteiger partial charge < -0.3 is 70.7 Å². The summed E-state index contributed by atoms with van der Waals surface area (Å²) in [5, 5.41) is 17.7. The first-order chi connectivity index (χ1) is 58.8. The molecular weight excluding hydrogens is 2620 g/mol. The molecule has 0 spiro atoms. The van der Waals surface area contributed by atoms with Crippen molar-refractivity contribution < 1.29 is 381 Å². The molecule has 0 amide bonds. The number of rotatable bonds is 10. The molecule has 0 aliphatic carbocycles. The molecule has 0 saturated heterocycles. The summed E-state index contributed by atoms with van der Waals surface area (Å²) in [6, 6.07) is 0. The maximum atomic E-state index is 13.3. The SMILES string of the molecule is CCOCC.CCOCC.Fc1c(F)c(F)c2c(C(F)(F)C(F)(F)F)[n-]nc2c1F.Fc1c(F)c(F)c2c(C(F)(F)C(F)(F)F)[n-]nc2c1F.Fc1c(F)c(F)c2c(C(F)(F)C(F)(F)F)n[n-]c2c1F.Fc1c(F)c(F)c2c(C(F)(F)C(F)(F)F)n[n-]c2c1F.Fc1c(F)c(F)c2c(C(F)(F)C(F)(F)F)n[n-]c2c1F.Fc1c(F)c(F)c2c(C(F)(F)C(F)(F)F)n[n-]c2c1F.[Ag+].[Ag+].[Ag+].[Ag+].[Ag+].[Ag+]. The molecule has 6 aromatic carbocycles. The van der Waals surface area contributed by atoms with Crippen molar-refractivity contribution in [3.8, 4) is 0 Å². The molecule has 0 radical (unpaired) electrons. The molecule has 0 aliphatic heterocycles. The third-order valence-corrected chi connectivity index (χ3v) is 15.1. The van der Waals surface area contributed by atoms with Gasteiger partial charge in [-0.15, -0.1) is 0 Å². The zero-order valence-electron chi connectivity index (χ0n) is 62.2. The number of alkyl halides is 30. The van der Waals surface area contributed by atoms with Crippen molar-refractivity contribution >= 4 is 65.4 Å². The molecule has 136 heavy (non-hydrogen) atoms. The monoisotopic (exact) mass is 2630 g/mol. The fourth-order valence-corrected chi connectivity index (χ4v) is 9.01. The van der Waals surface area contributed by atoms with Gasteiger partial charge in [-0.1, -0.05) is 33.5 Å². The van der Waals surface area contributed by atoms with Gasteiger partial charge in [0.15, 0.2) is 116 Å². The van der Waals surface area contributed by atoms with Crippen LogP contribution in [0.15, 0.2) is 0 Å². The van der Waals surface area contributed by atoms with Crippen molar-refractivity contribution in [2.45, 2.75) is 100 Å². The summed E-state index contributed by atoms with van der Waals surface area (Å²) in [4.78, 5) is 0. The van der Waals surface area contributed by atoms with E-state index in [1.807, 2.05) is 27.7 Å². The average molecular weight is 2640 g/mol. The second-order valence-corrected chi connectivity index (χ2v) is 23.2. The van der Waals surface area contributed by atoms with E-state index in [4.69, 9.17) is 9.47 Å². The second kappa shape index (κ2) is 47.1. The summed E-state index contributed by atoms with van der Waals surface area (Å²) in [5.74, 6) is -91.7. The van der Waals surface area contributed by atoms with Crippen molar-refractivity contribution in [1.29, 1.82) is 0 Å². The number of ether oxygens (including phenoxy) is 2. The number of hydrogen-bond donors (Lipinski definition) is 0. The smallest absolute Gasteiger partial charge is 0.573 e. The molecule has 0 saturated carbocycles. The Labute approximate surface area is 802 Å². The molecule has 74 heteroatoms. The molecule has 12 rings (SSSR count). The number of halogens is 54. The van der Waals surface area contributed by atoms with Gasteiger partial charge in [-0.25, -0.2) is 105 Å². The molecule has 0 bridgehead atoms. The predicted octanol–water partition coefficient (Wildman–Crippen LogP) is 22.5. The van der Waals surface area contributed by atoms with E-state index in [0.29, 0.717) is 0 Å². The van der Waals surface area contributed by atoms with Crippen LogP contribution in [0.4, 0.5) is 237 Å². The largest absolute Gasteiger partial charge is 1.00 e. The third-order valence-electron chi connectivity index (χ3n) is 15.1. The quantitative estimate of drug-likeness (QED) is 0.0546. The van der Waals surface area contributed by atoms with Crippen LogP contribution in [0, 0.1) is 140 Å². The standard InChI is InChI=1S/6C9F9N2.2C4H10O.6Ag/c6*10-2-1-6(5(13)4(12)3(2)11)19-20-7(1)8(14,15)9(16,17)18;2*1-3-5-4-2;;;;;;/h;;;;;;2*3-4H2,1-2H3;;;;;;/q6*-1;;;6*+1. The van der Waals surface area contributed by atoms with E-state index < -0.39 is 312 Å². The number of benzene rings is 6. The Morgan fingerprint density at radius 2 is 0.316 bits per heavy atom. The maximum absolute atomic E-state index is 13.3. The van der Waals surface area contributed by atoms with Crippen LogP contribution in [0.2, 0.25) is 0 Å². The Hall–Kier alpha value is -7.28. The fraction of sp³-hybridized carbons (Fsp3) is 0.323. The van der Waals surface area contributed by atoms with E-state index in [-0.39, 0.29) is 134 Å². The van der Waals surface area contributed by atoms with Crippen LogP contribution in [-0.2, 0) is 179 Å². The molecule has 784 valence electrons. The molecule has 0 N–H and O–H groups in total. The Balaban J connectivity index is 0. The molecule has 0 unspecified atom stereocenters. The van der Waals surface area contributed by atoms with Crippen LogP contribution in [0.5, 0.6) is 0 Å². The molecule has 12 aromatic rings. The molecule has 0 fully saturated rings. The minimum absolute atomic E-state index is 0. The first kappa shape index (κ1) is 131. The summed E-state index contributed by atoms with van der Waals surface area (Å²) in [7, 11) is 0. The van der Waals surface area contributed by atoms with E-state index in [9.17, 15) is 237 Å². The van der Waals surface area contributed by atoms with Gasteiger partial charge in [-0.3, -0.25) is 0 Å².